The third kappa shape index (κ3) is 4.70. The maximum atomic E-state index is 12.4. The van der Waals surface area contributed by atoms with Crippen LogP contribution in [0.15, 0.2) is 29.6 Å². The molecule has 3 rings (SSSR count). The maximum absolute atomic E-state index is 12.4. The number of hydrogen-bond donors (Lipinski definition) is 1. The molecule has 1 aromatic carbocycles. The summed E-state index contributed by atoms with van der Waals surface area (Å²) in [5.41, 5.74) is 6.89. The second-order valence-corrected chi connectivity index (χ2v) is 6.88. The number of thiazole rings is 1. The van der Waals surface area contributed by atoms with Gasteiger partial charge in [-0.2, -0.15) is 0 Å². The number of nitrogens with two attached hydrogens (primary N) is 1. The topological polar surface area (TPSA) is 79.5 Å². The van der Waals surface area contributed by atoms with E-state index in [9.17, 15) is 9.59 Å². The molecule has 0 aliphatic carbocycles. The van der Waals surface area contributed by atoms with Crippen LogP contribution in [0.2, 0.25) is 5.02 Å². The van der Waals surface area contributed by atoms with E-state index in [1.165, 1.54) is 16.2 Å². The number of piperazine rings is 1. The summed E-state index contributed by atoms with van der Waals surface area (Å²) in [7, 11) is 0. The van der Waals surface area contributed by atoms with Crippen LogP contribution in [-0.4, -0.2) is 46.2 Å². The van der Waals surface area contributed by atoms with Crippen molar-refractivity contribution < 1.29 is 9.59 Å². The predicted octanol–water partition coefficient (Wildman–Crippen LogP) is 2.16. The fourth-order valence-electron chi connectivity index (χ4n) is 2.52. The quantitative estimate of drug-likeness (QED) is 0.852. The molecule has 0 atom stereocenters. The zero-order valence-electron chi connectivity index (χ0n) is 13.4. The zero-order chi connectivity index (χ0) is 17.1. The number of halogens is 2. The van der Waals surface area contributed by atoms with Crippen molar-refractivity contribution in [3.63, 3.8) is 0 Å². The Morgan fingerprint density at radius 2 is 2.00 bits per heavy atom. The number of nitrogens with zero attached hydrogens (tertiary/aromatic N) is 3. The minimum absolute atomic E-state index is 0. The van der Waals surface area contributed by atoms with Crippen LogP contribution >= 0.6 is 35.3 Å². The van der Waals surface area contributed by atoms with Gasteiger partial charge in [0.25, 0.3) is 5.91 Å². The number of carbonyl (C=O) groups excluding carboxylic acids is 2. The molecular weight excluding hydrogens is 383 g/mol. The van der Waals surface area contributed by atoms with Gasteiger partial charge in [0.1, 0.15) is 17.2 Å². The molecule has 0 spiro atoms. The summed E-state index contributed by atoms with van der Waals surface area (Å²) in [6, 6.07) is 7.41. The Labute approximate surface area is 161 Å². The lowest BCUT2D eigenvalue weighted by Gasteiger charge is -2.34. The molecular formula is C16H18Cl2N4O2S. The summed E-state index contributed by atoms with van der Waals surface area (Å²) < 4.78 is 0. The Kier molecular flexibility index (Phi) is 6.78. The van der Waals surface area contributed by atoms with Crippen molar-refractivity contribution in [2.24, 2.45) is 5.73 Å². The Morgan fingerprint density at radius 1 is 1.28 bits per heavy atom. The van der Waals surface area contributed by atoms with Crippen LogP contribution in [-0.2, 0) is 17.9 Å². The van der Waals surface area contributed by atoms with Gasteiger partial charge in [-0.15, -0.1) is 23.7 Å². The molecule has 6 nitrogen and oxygen atoms in total. The number of benzene rings is 1. The van der Waals surface area contributed by atoms with Gasteiger partial charge in [0.15, 0.2) is 0 Å². The van der Waals surface area contributed by atoms with E-state index >= 15 is 0 Å². The number of carbonyl (C=O) groups is 2. The lowest BCUT2D eigenvalue weighted by molar-refractivity contribution is -0.135. The molecule has 0 unspecified atom stereocenters. The van der Waals surface area contributed by atoms with Crippen molar-refractivity contribution in [1.82, 2.24) is 14.8 Å². The summed E-state index contributed by atoms with van der Waals surface area (Å²) in [6.07, 6.45) is 0. The van der Waals surface area contributed by atoms with E-state index in [2.05, 4.69) is 4.98 Å². The van der Waals surface area contributed by atoms with Gasteiger partial charge in [0, 0.05) is 36.6 Å². The molecule has 1 aliphatic heterocycles. The number of amides is 2. The molecule has 9 heteroatoms. The lowest BCUT2D eigenvalue weighted by Crippen LogP contribution is -2.51. The molecule has 1 aliphatic rings. The molecule has 0 radical (unpaired) electrons. The van der Waals surface area contributed by atoms with Gasteiger partial charge in [-0.05, 0) is 17.7 Å². The van der Waals surface area contributed by atoms with Gasteiger partial charge in [0.05, 0.1) is 0 Å². The first-order chi connectivity index (χ1) is 11.6. The van der Waals surface area contributed by atoms with Crippen molar-refractivity contribution >= 4 is 47.2 Å². The predicted molar refractivity (Wildman–Crippen MR) is 100 cm³/mol. The van der Waals surface area contributed by atoms with Crippen LogP contribution in [0, 0.1) is 0 Å². The van der Waals surface area contributed by atoms with E-state index in [1.54, 1.807) is 22.4 Å². The second kappa shape index (κ2) is 8.62. The van der Waals surface area contributed by atoms with Crippen molar-refractivity contribution in [2.75, 3.05) is 19.6 Å². The van der Waals surface area contributed by atoms with Crippen LogP contribution in [0.1, 0.15) is 21.1 Å². The largest absolute Gasteiger partial charge is 0.335 e. The summed E-state index contributed by atoms with van der Waals surface area (Å²) >= 11 is 7.23. The van der Waals surface area contributed by atoms with Crippen LogP contribution in [0.5, 0.6) is 0 Å². The highest BCUT2D eigenvalue weighted by Gasteiger charge is 2.28. The fraction of sp³-hybridized carbons (Fsp3) is 0.312. The summed E-state index contributed by atoms with van der Waals surface area (Å²) in [5.74, 6) is -0.288. The van der Waals surface area contributed by atoms with Crippen LogP contribution < -0.4 is 5.73 Å². The number of aromatic nitrogens is 1. The van der Waals surface area contributed by atoms with E-state index < -0.39 is 0 Å². The molecule has 1 aromatic heterocycles. The summed E-state index contributed by atoms with van der Waals surface area (Å²) in [5, 5.41) is 3.07. The van der Waals surface area contributed by atoms with Crippen LogP contribution in [0.25, 0.3) is 0 Å². The molecule has 25 heavy (non-hydrogen) atoms. The van der Waals surface area contributed by atoms with Crippen molar-refractivity contribution in [1.29, 1.82) is 0 Å². The number of hydrogen-bond acceptors (Lipinski definition) is 5. The molecule has 134 valence electrons. The second-order valence-electron chi connectivity index (χ2n) is 5.50. The highest BCUT2D eigenvalue weighted by atomic mass is 35.5. The van der Waals surface area contributed by atoms with E-state index in [0.29, 0.717) is 41.9 Å². The highest BCUT2D eigenvalue weighted by Crippen LogP contribution is 2.16. The molecule has 1 saturated heterocycles. The van der Waals surface area contributed by atoms with Crippen molar-refractivity contribution in [2.45, 2.75) is 13.1 Å². The molecule has 1 fully saturated rings. The molecule has 2 amide bonds. The minimum atomic E-state index is -0.217. The molecule has 2 heterocycles. The van der Waals surface area contributed by atoms with Gasteiger partial charge >= 0.3 is 0 Å². The number of rotatable bonds is 4. The lowest BCUT2D eigenvalue weighted by atomic mass is 10.2. The standard InChI is InChI=1S/C16H17ClN4O2S.ClH/c17-12-3-1-11(2-4-12)8-20-5-6-21(9-15(20)22)16(23)13-10-24-14(7-18)19-13;/h1-4,10H,5-9,18H2;1H. The smallest absolute Gasteiger partial charge is 0.273 e. The summed E-state index contributed by atoms with van der Waals surface area (Å²) in [6.45, 7) is 1.90. The summed E-state index contributed by atoms with van der Waals surface area (Å²) in [4.78, 5) is 32.2. The first-order valence-corrected chi connectivity index (χ1v) is 8.78. The normalized spacial score (nSPS) is 14.4. The van der Waals surface area contributed by atoms with Crippen LogP contribution in [0.3, 0.4) is 0 Å². The average molecular weight is 401 g/mol. The van der Waals surface area contributed by atoms with Crippen LogP contribution in [0.4, 0.5) is 0 Å². The molecule has 0 bridgehead atoms. The highest BCUT2D eigenvalue weighted by molar-refractivity contribution is 7.09. The Balaban J connectivity index is 0.00000225. The van der Waals surface area contributed by atoms with E-state index in [1.807, 2.05) is 12.1 Å². The van der Waals surface area contributed by atoms with Gasteiger partial charge in [0.2, 0.25) is 5.91 Å². The van der Waals surface area contributed by atoms with Crippen molar-refractivity contribution in [3.05, 3.63) is 50.9 Å². The Morgan fingerprint density at radius 3 is 2.60 bits per heavy atom. The minimum Gasteiger partial charge on any atom is -0.335 e. The maximum Gasteiger partial charge on any atom is 0.273 e. The monoisotopic (exact) mass is 400 g/mol. The fourth-order valence-corrected chi connectivity index (χ4v) is 3.30. The Bertz CT molecular complexity index is 751. The first-order valence-electron chi connectivity index (χ1n) is 7.53. The zero-order valence-corrected chi connectivity index (χ0v) is 15.7. The van der Waals surface area contributed by atoms with Gasteiger partial charge < -0.3 is 15.5 Å². The van der Waals surface area contributed by atoms with Gasteiger partial charge in [-0.25, -0.2) is 4.98 Å². The SMILES string of the molecule is Cl.NCc1nc(C(=O)N2CCN(Cc3ccc(Cl)cc3)C(=O)C2)cs1. The Hall–Kier alpha value is -1.67. The van der Waals surface area contributed by atoms with E-state index in [0.717, 1.165) is 5.56 Å². The van der Waals surface area contributed by atoms with E-state index in [-0.39, 0.29) is 30.8 Å². The van der Waals surface area contributed by atoms with Gasteiger partial charge in [-0.3, -0.25) is 9.59 Å². The first kappa shape index (κ1) is 19.7. The molecule has 2 N–H and O–H groups in total. The molecule has 0 saturated carbocycles. The third-order valence-electron chi connectivity index (χ3n) is 3.84. The third-order valence-corrected chi connectivity index (χ3v) is 4.96. The van der Waals surface area contributed by atoms with Gasteiger partial charge in [-0.1, -0.05) is 23.7 Å². The average Bonchev–Trinajstić information content (AvgIpc) is 3.07. The van der Waals surface area contributed by atoms with Crippen molar-refractivity contribution in [3.8, 4) is 0 Å². The van der Waals surface area contributed by atoms with E-state index in [4.69, 9.17) is 17.3 Å². The molecule has 2 aromatic rings.